The van der Waals surface area contributed by atoms with Crippen molar-refractivity contribution in [3.8, 4) is 11.4 Å². The lowest BCUT2D eigenvalue weighted by Gasteiger charge is -2.14. The first-order valence-corrected chi connectivity index (χ1v) is 6.86. The molecule has 0 amide bonds. The van der Waals surface area contributed by atoms with Gasteiger partial charge in [0.1, 0.15) is 0 Å². The van der Waals surface area contributed by atoms with Gasteiger partial charge in [0.15, 0.2) is 10.6 Å². The smallest absolute Gasteiger partial charge is 0.195 e. The lowest BCUT2D eigenvalue weighted by molar-refractivity contribution is 0.408. The highest BCUT2D eigenvalue weighted by Gasteiger charge is 2.41. The molecule has 0 saturated heterocycles. The van der Waals surface area contributed by atoms with Crippen LogP contribution in [0.1, 0.15) is 26.2 Å². The molecule has 2 aromatic rings. The van der Waals surface area contributed by atoms with E-state index in [9.17, 15) is 0 Å². The Hall–Kier alpha value is -1.42. The highest BCUT2D eigenvalue weighted by Crippen LogP contribution is 2.50. The summed E-state index contributed by atoms with van der Waals surface area (Å²) in [5, 5.41) is 7.30. The Bertz CT molecular complexity index is 593. The molecule has 1 N–H and O–H groups in total. The second kappa shape index (κ2) is 4.35. The maximum absolute atomic E-state index is 5.36. The van der Waals surface area contributed by atoms with Crippen molar-refractivity contribution in [2.24, 2.45) is 5.41 Å². The first kappa shape index (κ1) is 11.7. The van der Waals surface area contributed by atoms with Crippen LogP contribution < -0.4 is 0 Å². The van der Waals surface area contributed by atoms with E-state index < -0.39 is 0 Å². The molecule has 1 saturated carbocycles. The monoisotopic (exact) mass is 259 g/mol. The first-order valence-electron chi connectivity index (χ1n) is 6.45. The summed E-state index contributed by atoms with van der Waals surface area (Å²) < 4.78 is 2.88. The zero-order chi connectivity index (χ0) is 12.6. The number of aromatic amines is 1. The minimum atomic E-state index is 0.464. The molecule has 0 spiro atoms. The SMILES string of the molecule is CCC1(Cn2c(-c3ccccc3)n[nH]c2=S)CC1. The van der Waals surface area contributed by atoms with Gasteiger partial charge in [0, 0.05) is 12.1 Å². The average Bonchev–Trinajstić information content (AvgIpc) is 3.10. The van der Waals surface area contributed by atoms with Gasteiger partial charge in [-0.05, 0) is 36.9 Å². The van der Waals surface area contributed by atoms with Crippen molar-refractivity contribution in [2.45, 2.75) is 32.7 Å². The largest absolute Gasteiger partial charge is 0.300 e. The molecule has 1 aliphatic rings. The maximum Gasteiger partial charge on any atom is 0.195 e. The number of H-pyrrole nitrogens is 1. The summed E-state index contributed by atoms with van der Waals surface area (Å²) in [4.78, 5) is 0. The van der Waals surface area contributed by atoms with Gasteiger partial charge in [-0.25, -0.2) is 0 Å². The van der Waals surface area contributed by atoms with Crippen LogP contribution >= 0.6 is 12.2 Å². The number of hydrogen-bond donors (Lipinski definition) is 1. The Labute approximate surface area is 112 Å². The number of hydrogen-bond acceptors (Lipinski definition) is 2. The van der Waals surface area contributed by atoms with Gasteiger partial charge in [-0.1, -0.05) is 37.3 Å². The second-order valence-electron chi connectivity index (χ2n) is 5.16. The van der Waals surface area contributed by atoms with Crippen LogP contribution in [-0.2, 0) is 6.54 Å². The van der Waals surface area contributed by atoms with E-state index in [0.717, 1.165) is 22.7 Å². The normalized spacial score (nSPS) is 16.7. The summed E-state index contributed by atoms with van der Waals surface area (Å²) in [5.74, 6) is 0.959. The van der Waals surface area contributed by atoms with Crippen molar-refractivity contribution in [1.29, 1.82) is 0 Å². The van der Waals surface area contributed by atoms with E-state index in [4.69, 9.17) is 12.2 Å². The standard InChI is InChI=1S/C14H17N3S/c1-2-14(8-9-14)10-17-12(15-16-13(17)18)11-6-4-3-5-7-11/h3-7H,2,8-10H2,1H3,(H,16,18). The van der Waals surface area contributed by atoms with E-state index in [2.05, 4.69) is 33.8 Å². The fraction of sp³-hybridized carbons (Fsp3) is 0.429. The van der Waals surface area contributed by atoms with Gasteiger partial charge >= 0.3 is 0 Å². The average molecular weight is 259 g/mol. The summed E-state index contributed by atoms with van der Waals surface area (Å²) >= 11 is 5.36. The van der Waals surface area contributed by atoms with Gasteiger partial charge in [-0.15, -0.1) is 0 Å². The fourth-order valence-corrected chi connectivity index (χ4v) is 2.60. The van der Waals surface area contributed by atoms with E-state index in [1.54, 1.807) is 0 Å². The topological polar surface area (TPSA) is 33.6 Å². The zero-order valence-corrected chi connectivity index (χ0v) is 11.3. The Morgan fingerprint density at radius 3 is 2.67 bits per heavy atom. The van der Waals surface area contributed by atoms with Crippen molar-refractivity contribution >= 4 is 12.2 Å². The summed E-state index contributed by atoms with van der Waals surface area (Å²) in [6, 6.07) is 10.2. The van der Waals surface area contributed by atoms with Gasteiger partial charge in [0.25, 0.3) is 0 Å². The molecular formula is C14H17N3S. The van der Waals surface area contributed by atoms with Gasteiger partial charge in [-0.3, -0.25) is 9.67 Å². The number of aromatic nitrogens is 3. The molecule has 18 heavy (non-hydrogen) atoms. The highest BCUT2D eigenvalue weighted by molar-refractivity contribution is 7.71. The van der Waals surface area contributed by atoms with Crippen molar-refractivity contribution in [2.75, 3.05) is 0 Å². The van der Waals surface area contributed by atoms with Crippen LogP contribution in [0, 0.1) is 10.2 Å². The molecule has 3 nitrogen and oxygen atoms in total. The highest BCUT2D eigenvalue weighted by atomic mass is 32.1. The van der Waals surface area contributed by atoms with Crippen LogP contribution in [-0.4, -0.2) is 14.8 Å². The summed E-state index contributed by atoms with van der Waals surface area (Å²) in [6.45, 7) is 3.25. The van der Waals surface area contributed by atoms with E-state index >= 15 is 0 Å². The third kappa shape index (κ3) is 2.01. The van der Waals surface area contributed by atoms with Crippen molar-refractivity contribution in [3.05, 3.63) is 35.1 Å². The lowest BCUT2D eigenvalue weighted by atomic mass is 10.0. The number of benzene rings is 1. The maximum atomic E-state index is 5.36. The lowest BCUT2D eigenvalue weighted by Crippen LogP contribution is -2.12. The zero-order valence-electron chi connectivity index (χ0n) is 10.5. The van der Waals surface area contributed by atoms with E-state index in [1.165, 1.54) is 19.3 Å². The van der Waals surface area contributed by atoms with E-state index in [0.29, 0.717) is 5.41 Å². The Balaban J connectivity index is 2.00. The van der Waals surface area contributed by atoms with Gasteiger partial charge < -0.3 is 0 Å². The van der Waals surface area contributed by atoms with Gasteiger partial charge in [-0.2, -0.15) is 5.10 Å². The van der Waals surface area contributed by atoms with Crippen molar-refractivity contribution < 1.29 is 0 Å². The molecule has 1 heterocycles. The molecular weight excluding hydrogens is 242 g/mol. The molecule has 1 aromatic heterocycles. The van der Waals surface area contributed by atoms with Crippen LogP contribution in [0.5, 0.6) is 0 Å². The summed E-state index contributed by atoms with van der Waals surface area (Å²) in [7, 11) is 0. The molecule has 0 atom stereocenters. The third-order valence-corrected chi connectivity index (χ3v) is 4.30. The molecule has 1 aliphatic carbocycles. The first-order chi connectivity index (χ1) is 8.74. The van der Waals surface area contributed by atoms with E-state index in [1.807, 2.05) is 18.2 Å². The molecule has 4 heteroatoms. The molecule has 1 fully saturated rings. The molecule has 0 aliphatic heterocycles. The molecule has 0 bridgehead atoms. The van der Waals surface area contributed by atoms with Crippen LogP contribution in [0.15, 0.2) is 30.3 Å². The second-order valence-corrected chi connectivity index (χ2v) is 5.54. The van der Waals surface area contributed by atoms with Crippen molar-refractivity contribution in [3.63, 3.8) is 0 Å². The minimum absolute atomic E-state index is 0.464. The minimum Gasteiger partial charge on any atom is -0.300 e. The quantitative estimate of drug-likeness (QED) is 0.847. The molecule has 1 aromatic carbocycles. The Kier molecular flexibility index (Phi) is 2.82. The predicted octanol–water partition coefficient (Wildman–Crippen LogP) is 3.80. The number of nitrogens with one attached hydrogen (secondary N) is 1. The summed E-state index contributed by atoms with van der Waals surface area (Å²) in [6.07, 6.45) is 3.84. The van der Waals surface area contributed by atoms with Crippen molar-refractivity contribution in [1.82, 2.24) is 14.8 Å². The molecule has 0 radical (unpaired) electrons. The number of nitrogens with zero attached hydrogens (tertiary/aromatic N) is 2. The predicted molar refractivity (Wildman–Crippen MR) is 74.8 cm³/mol. The van der Waals surface area contributed by atoms with Gasteiger partial charge in [0.05, 0.1) is 0 Å². The third-order valence-electron chi connectivity index (χ3n) is 3.99. The van der Waals surface area contributed by atoms with Crippen LogP contribution in [0.4, 0.5) is 0 Å². The van der Waals surface area contributed by atoms with Gasteiger partial charge in [0.2, 0.25) is 0 Å². The van der Waals surface area contributed by atoms with Crippen LogP contribution in [0.2, 0.25) is 0 Å². The number of rotatable bonds is 4. The fourth-order valence-electron chi connectivity index (χ4n) is 2.41. The summed E-state index contributed by atoms with van der Waals surface area (Å²) in [5.41, 5.74) is 1.59. The molecule has 94 valence electrons. The molecule has 3 rings (SSSR count). The molecule has 0 unspecified atom stereocenters. The van der Waals surface area contributed by atoms with Crippen LogP contribution in [0.25, 0.3) is 11.4 Å². The van der Waals surface area contributed by atoms with E-state index in [-0.39, 0.29) is 0 Å². The Morgan fingerprint density at radius 1 is 1.33 bits per heavy atom. The Morgan fingerprint density at radius 2 is 2.06 bits per heavy atom. The van der Waals surface area contributed by atoms with Crippen LogP contribution in [0.3, 0.4) is 0 Å².